The number of carbonyl (C=O) groups is 1. The Kier molecular flexibility index (Phi) is 6.37. The fourth-order valence-electron chi connectivity index (χ4n) is 3.02. The first-order chi connectivity index (χ1) is 15.2. The molecule has 4 rings (SSSR count). The minimum atomic E-state index is -3.39. The lowest BCUT2D eigenvalue weighted by Gasteiger charge is -2.20. The van der Waals surface area contributed by atoms with Crippen molar-refractivity contribution in [1.29, 1.82) is 0 Å². The van der Waals surface area contributed by atoms with Crippen molar-refractivity contribution in [3.05, 3.63) is 82.2 Å². The molecule has 0 bridgehead atoms. The Morgan fingerprint density at radius 2 is 1.75 bits per heavy atom. The van der Waals surface area contributed by atoms with Crippen molar-refractivity contribution in [2.45, 2.75) is 29.1 Å². The van der Waals surface area contributed by atoms with Crippen LogP contribution in [0.2, 0.25) is 10.0 Å². The molecule has 1 heterocycles. The Hall–Kier alpha value is -2.68. The number of hydrogen-bond donors (Lipinski definition) is 1. The number of pyridine rings is 1. The van der Waals surface area contributed by atoms with Crippen molar-refractivity contribution in [1.82, 2.24) is 4.98 Å². The number of halogens is 3. The van der Waals surface area contributed by atoms with Crippen LogP contribution in [0.5, 0.6) is 5.75 Å². The topological polar surface area (TPSA) is 85.4 Å². The molecule has 2 aromatic carbocycles. The third kappa shape index (κ3) is 5.03. The molecule has 1 unspecified atom stereocenters. The predicted octanol–water partition coefficient (Wildman–Crippen LogP) is 5.22. The smallest absolute Gasteiger partial charge is 0.271 e. The summed E-state index contributed by atoms with van der Waals surface area (Å²) in [6.07, 6.45) is 1.36. The lowest BCUT2D eigenvalue weighted by atomic mass is 10.1. The minimum Gasteiger partial charge on any atom is -0.473 e. The molecule has 1 aliphatic carbocycles. The summed E-state index contributed by atoms with van der Waals surface area (Å²) < 4.78 is 44.9. The first-order valence-electron chi connectivity index (χ1n) is 9.62. The number of nitrogens with zero attached hydrogens (tertiary/aromatic N) is 1. The SMILES string of the molecule is O=C(Nc1ccc(Cl)cn1)C(Oc1ccc(Cl)cc1F)c1ccc(S(=O)(=O)C2CC2)cc1. The number of ether oxygens (including phenoxy) is 1. The van der Waals surface area contributed by atoms with Gasteiger partial charge in [-0.15, -0.1) is 0 Å². The average Bonchev–Trinajstić information content (AvgIpc) is 3.61. The Bertz CT molecular complexity index is 1250. The summed E-state index contributed by atoms with van der Waals surface area (Å²) >= 11 is 11.6. The van der Waals surface area contributed by atoms with Gasteiger partial charge in [0.15, 0.2) is 21.4 Å². The van der Waals surface area contributed by atoms with Gasteiger partial charge in [-0.3, -0.25) is 4.79 Å². The molecule has 1 amide bonds. The number of benzene rings is 2. The van der Waals surface area contributed by atoms with Crippen LogP contribution in [-0.2, 0) is 14.6 Å². The highest BCUT2D eigenvalue weighted by atomic mass is 35.5. The number of aromatic nitrogens is 1. The number of anilines is 1. The van der Waals surface area contributed by atoms with Gasteiger partial charge in [0.25, 0.3) is 5.91 Å². The van der Waals surface area contributed by atoms with Crippen molar-refractivity contribution in [3.63, 3.8) is 0 Å². The highest BCUT2D eigenvalue weighted by Gasteiger charge is 2.37. The molecule has 1 saturated carbocycles. The van der Waals surface area contributed by atoms with E-state index in [2.05, 4.69) is 10.3 Å². The monoisotopic (exact) mass is 494 g/mol. The molecular formula is C22H17Cl2FN2O4S. The van der Waals surface area contributed by atoms with E-state index in [1.165, 1.54) is 48.7 Å². The molecule has 1 N–H and O–H groups in total. The number of nitrogens with one attached hydrogen (secondary N) is 1. The molecule has 10 heteroatoms. The van der Waals surface area contributed by atoms with Crippen LogP contribution in [0.1, 0.15) is 24.5 Å². The zero-order chi connectivity index (χ0) is 22.9. The lowest BCUT2D eigenvalue weighted by molar-refractivity contribution is -0.123. The molecule has 1 aromatic heterocycles. The Labute approximate surface area is 194 Å². The highest BCUT2D eigenvalue weighted by Crippen LogP contribution is 2.34. The Morgan fingerprint density at radius 3 is 2.34 bits per heavy atom. The molecule has 1 fully saturated rings. The second kappa shape index (κ2) is 9.05. The third-order valence-electron chi connectivity index (χ3n) is 4.83. The first-order valence-corrected chi connectivity index (χ1v) is 11.9. The van der Waals surface area contributed by atoms with E-state index in [9.17, 15) is 17.6 Å². The van der Waals surface area contributed by atoms with Gasteiger partial charge >= 0.3 is 0 Å². The standard InChI is InChI=1S/C22H17Cl2FN2O4S/c23-14-3-9-19(18(25)11-14)31-21(22(28)27-20-10-4-15(24)12-26-20)13-1-5-16(6-2-13)32(29,30)17-7-8-17/h1-6,9-12,17,21H,7-8H2,(H,26,27,28). The van der Waals surface area contributed by atoms with E-state index in [0.717, 1.165) is 6.07 Å². The van der Waals surface area contributed by atoms with Crippen LogP contribution >= 0.6 is 23.2 Å². The zero-order valence-corrected chi connectivity index (χ0v) is 18.8. The van der Waals surface area contributed by atoms with E-state index in [4.69, 9.17) is 27.9 Å². The molecule has 1 atom stereocenters. The summed E-state index contributed by atoms with van der Waals surface area (Å²) in [6.45, 7) is 0. The molecule has 0 radical (unpaired) electrons. The molecule has 6 nitrogen and oxygen atoms in total. The van der Waals surface area contributed by atoms with Gasteiger partial charge < -0.3 is 10.1 Å². The van der Waals surface area contributed by atoms with Crippen LogP contribution in [0.25, 0.3) is 0 Å². The maximum atomic E-state index is 14.3. The molecule has 3 aromatic rings. The van der Waals surface area contributed by atoms with Gasteiger partial charge in [-0.2, -0.15) is 0 Å². The van der Waals surface area contributed by atoms with Gasteiger partial charge in [0.05, 0.1) is 15.2 Å². The van der Waals surface area contributed by atoms with Crippen molar-refractivity contribution >= 4 is 44.8 Å². The van der Waals surface area contributed by atoms with Crippen LogP contribution in [0, 0.1) is 5.82 Å². The lowest BCUT2D eigenvalue weighted by Crippen LogP contribution is -2.26. The van der Waals surface area contributed by atoms with Crippen molar-refractivity contribution in [2.75, 3.05) is 5.32 Å². The molecule has 32 heavy (non-hydrogen) atoms. The van der Waals surface area contributed by atoms with Gasteiger partial charge in [0.1, 0.15) is 5.82 Å². The third-order valence-corrected chi connectivity index (χ3v) is 7.57. The number of carbonyl (C=O) groups excluding carboxylic acids is 1. The van der Waals surface area contributed by atoms with Crippen LogP contribution in [0.3, 0.4) is 0 Å². The van der Waals surface area contributed by atoms with E-state index < -0.39 is 27.7 Å². The summed E-state index contributed by atoms with van der Waals surface area (Å²) in [7, 11) is -3.39. The molecule has 0 aliphatic heterocycles. The highest BCUT2D eigenvalue weighted by molar-refractivity contribution is 7.92. The van der Waals surface area contributed by atoms with E-state index in [-0.39, 0.29) is 26.7 Å². The van der Waals surface area contributed by atoms with Crippen LogP contribution in [-0.4, -0.2) is 24.6 Å². The summed E-state index contributed by atoms with van der Waals surface area (Å²) in [5, 5.41) is 2.80. The number of sulfone groups is 1. The Balaban J connectivity index is 1.64. The van der Waals surface area contributed by atoms with E-state index in [1.54, 1.807) is 6.07 Å². The van der Waals surface area contributed by atoms with Crippen LogP contribution in [0.4, 0.5) is 10.2 Å². The van der Waals surface area contributed by atoms with E-state index in [0.29, 0.717) is 23.4 Å². The summed E-state index contributed by atoms with van der Waals surface area (Å²) in [6, 6.07) is 12.7. The van der Waals surface area contributed by atoms with Crippen LogP contribution in [0.15, 0.2) is 65.7 Å². The summed E-state index contributed by atoms with van der Waals surface area (Å²) in [4.78, 5) is 17.2. The van der Waals surface area contributed by atoms with E-state index >= 15 is 0 Å². The van der Waals surface area contributed by atoms with Crippen molar-refractivity contribution in [3.8, 4) is 5.75 Å². The molecular weight excluding hydrogens is 478 g/mol. The fourth-order valence-corrected chi connectivity index (χ4v) is 4.94. The zero-order valence-electron chi connectivity index (χ0n) is 16.5. The summed E-state index contributed by atoms with van der Waals surface area (Å²) in [5.74, 6) is -1.34. The van der Waals surface area contributed by atoms with Crippen molar-refractivity contribution < 1.29 is 22.3 Å². The van der Waals surface area contributed by atoms with Gasteiger partial charge in [-0.25, -0.2) is 17.8 Å². The van der Waals surface area contributed by atoms with Gasteiger partial charge in [-0.05, 0) is 55.3 Å². The number of amides is 1. The first kappa shape index (κ1) is 22.5. The van der Waals surface area contributed by atoms with E-state index in [1.807, 2.05) is 0 Å². The van der Waals surface area contributed by atoms with Gasteiger partial charge in [0.2, 0.25) is 6.10 Å². The van der Waals surface area contributed by atoms with Gasteiger partial charge in [0, 0.05) is 16.8 Å². The maximum Gasteiger partial charge on any atom is 0.271 e. The molecule has 0 saturated heterocycles. The molecule has 1 aliphatic rings. The molecule has 0 spiro atoms. The predicted molar refractivity (Wildman–Crippen MR) is 119 cm³/mol. The minimum absolute atomic E-state index is 0.167. The molecule has 166 valence electrons. The van der Waals surface area contributed by atoms with Crippen molar-refractivity contribution in [2.24, 2.45) is 0 Å². The number of rotatable bonds is 7. The normalized spacial score (nSPS) is 14.6. The summed E-state index contributed by atoms with van der Waals surface area (Å²) in [5.41, 5.74) is 0.334. The van der Waals surface area contributed by atoms with Gasteiger partial charge in [-0.1, -0.05) is 35.3 Å². The quantitative estimate of drug-likeness (QED) is 0.486. The second-order valence-electron chi connectivity index (χ2n) is 7.24. The maximum absolute atomic E-state index is 14.3. The number of hydrogen-bond acceptors (Lipinski definition) is 5. The van der Waals surface area contributed by atoms with Crippen LogP contribution < -0.4 is 10.1 Å². The largest absolute Gasteiger partial charge is 0.473 e. The fraction of sp³-hybridized carbons (Fsp3) is 0.182. The Morgan fingerprint density at radius 1 is 1.06 bits per heavy atom. The second-order valence-corrected chi connectivity index (χ2v) is 10.3. The average molecular weight is 495 g/mol.